The van der Waals surface area contributed by atoms with Gasteiger partial charge in [-0.05, 0) is 46.6 Å². The van der Waals surface area contributed by atoms with E-state index in [9.17, 15) is 9.90 Å². The lowest BCUT2D eigenvalue weighted by molar-refractivity contribution is -0.122. The lowest BCUT2D eigenvalue weighted by Crippen LogP contribution is -2.40. The van der Waals surface area contributed by atoms with Gasteiger partial charge < -0.3 is 10.0 Å². The molecule has 1 aliphatic rings. The normalized spacial score (nSPS) is 24.1. The van der Waals surface area contributed by atoms with Crippen LogP contribution in [0.4, 0.5) is 0 Å². The van der Waals surface area contributed by atoms with Gasteiger partial charge in [0.25, 0.3) is 0 Å². The zero-order chi connectivity index (χ0) is 11.5. The molecule has 0 bridgehead atoms. The molecule has 0 spiro atoms. The molecule has 1 N–H and O–H groups in total. The van der Waals surface area contributed by atoms with Crippen LogP contribution in [0.5, 0.6) is 0 Å². The molecule has 1 heterocycles. The molecular weight excluding hydrogens is 190 g/mol. The summed E-state index contributed by atoms with van der Waals surface area (Å²) in [5.74, 6) is 0.531. The molecule has 1 fully saturated rings. The fourth-order valence-electron chi connectivity index (χ4n) is 2.02. The molecule has 0 aromatic carbocycles. The van der Waals surface area contributed by atoms with Gasteiger partial charge in [0.2, 0.25) is 0 Å². The van der Waals surface area contributed by atoms with Crippen LogP contribution in [0.1, 0.15) is 40.0 Å². The third-order valence-corrected chi connectivity index (χ3v) is 3.12. The molecule has 1 atom stereocenters. The Morgan fingerprint density at radius 1 is 1.53 bits per heavy atom. The van der Waals surface area contributed by atoms with E-state index in [-0.39, 0.29) is 5.92 Å². The van der Waals surface area contributed by atoms with Gasteiger partial charge in [-0.15, -0.1) is 0 Å². The number of carbonyl (C=O) groups is 1. The van der Waals surface area contributed by atoms with Gasteiger partial charge in [-0.25, -0.2) is 0 Å². The first-order valence-corrected chi connectivity index (χ1v) is 5.84. The van der Waals surface area contributed by atoms with E-state index in [1.807, 2.05) is 13.8 Å². The number of carbonyl (C=O) groups excluding carboxylic acids is 1. The van der Waals surface area contributed by atoms with E-state index in [2.05, 4.69) is 4.90 Å². The minimum Gasteiger partial charge on any atom is -0.390 e. The SMILES string of the molecule is CC(=O)C1CCCN(CCC(C)(C)O)C1. The van der Waals surface area contributed by atoms with E-state index in [4.69, 9.17) is 0 Å². The molecule has 1 aliphatic heterocycles. The number of rotatable bonds is 4. The number of ketones is 1. The van der Waals surface area contributed by atoms with E-state index >= 15 is 0 Å². The smallest absolute Gasteiger partial charge is 0.134 e. The zero-order valence-electron chi connectivity index (χ0n) is 10.1. The van der Waals surface area contributed by atoms with Crippen molar-refractivity contribution in [2.24, 2.45) is 5.92 Å². The number of nitrogens with zero attached hydrogens (tertiary/aromatic N) is 1. The van der Waals surface area contributed by atoms with Gasteiger partial charge in [0.15, 0.2) is 0 Å². The molecule has 1 rings (SSSR count). The topological polar surface area (TPSA) is 40.5 Å². The molecule has 1 unspecified atom stereocenters. The first-order valence-electron chi connectivity index (χ1n) is 5.84. The molecule has 0 aliphatic carbocycles. The lowest BCUT2D eigenvalue weighted by atomic mass is 9.94. The van der Waals surface area contributed by atoms with E-state index in [1.165, 1.54) is 0 Å². The molecule has 3 heteroatoms. The number of piperidine rings is 1. The second-order valence-corrected chi connectivity index (χ2v) is 5.31. The molecule has 15 heavy (non-hydrogen) atoms. The first-order chi connectivity index (χ1) is 6.88. The summed E-state index contributed by atoms with van der Waals surface area (Å²) in [6, 6.07) is 0. The van der Waals surface area contributed by atoms with Gasteiger partial charge in [-0.3, -0.25) is 4.79 Å². The van der Waals surface area contributed by atoms with Crippen LogP contribution in [0.3, 0.4) is 0 Å². The number of Topliss-reactive ketones (excluding diaryl/α,β-unsaturated/α-hetero) is 1. The van der Waals surface area contributed by atoms with Crippen LogP contribution in [0.2, 0.25) is 0 Å². The van der Waals surface area contributed by atoms with Crippen molar-refractivity contribution < 1.29 is 9.90 Å². The average molecular weight is 213 g/mol. The van der Waals surface area contributed by atoms with E-state index < -0.39 is 5.60 Å². The van der Waals surface area contributed by atoms with Crippen molar-refractivity contribution in [2.45, 2.75) is 45.6 Å². The Morgan fingerprint density at radius 3 is 2.73 bits per heavy atom. The summed E-state index contributed by atoms with van der Waals surface area (Å²) in [7, 11) is 0. The van der Waals surface area contributed by atoms with Crippen molar-refractivity contribution in [3.8, 4) is 0 Å². The predicted molar refractivity (Wildman–Crippen MR) is 60.8 cm³/mol. The van der Waals surface area contributed by atoms with Gasteiger partial charge in [0, 0.05) is 19.0 Å². The number of aliphatic hydroxyl groups is 1. The third kappa shape index (κ3) is 4.76. The minimum atomic E-state index is -0.594. The van der Waals surface area contributed by atoms with E-state index in [0.29, 0.717) is 5.78 Å². The largest absolute Gasteiger partial charge is 0.390 e. The van der Waals surface area contributed by atoms with Gasteiger partial charge in [-0.1, -0.05) is 0 Å². The predicted octanol–water partition coefficient (Wildman–Crippen LogP) is 1.45. The second-order valence-electron chi connectivity index (χ2n) is 5.31. The van der Waals surface area contributed by atoms with Crippen LogP contribution in [0.25, 0.3) is 0 Å². The highest BCUT2D eigenvalue weighted by Crippen LogP contribution is 2.18. The highest BCUT2D eigenvalue weighted by atomic mass is 16.3. The molecular formula is C12H23NO2. The van der Waals surface area contributed by atoms with Gasteiger partial charge in [-0.2, -0.15) is 0 Å². The van der Waals surface area contributed by atoms with Gasteiger partial charge >= 0.3 is 0 Å². The fraction of sp³-hybridized carbons (Fsp3) is 0.917. The Hall–Kier alpha value is -0.410. The summed E-state index contributed by atoms with van der Waals surface area (Å²) in [6.07, 6.45) is 2.92. The summed E-state index contributed by atoms with van der Waals surface area (Å²) in [6.45, 7) is 8.20. The molecule has 0 amide bonds. The van der Waals surface area contributed by atoms with Crippen molar-refractivity contribution in [2.75, 3.05) is 19.6 Å². The number of likely N-dealkylation sites (tertiary alicyclic amines) is 1. The third-order valence-electron chi connectivity index (χ3n) is 3.12. The van der Waals surface area contributed by atoms with Crippen molar-refractivity contribution in [1.29, 1.82) is 0 Å². The molecule has 0 aromatic heterocycles. The van der Waals surface area contributed by atoms with Crippen molar-refractivity contribution >= 4 is 5.78 Å². The quantitative estimate of drug-likeness (QED) is 0.768. The van der Waals surface area contributed by atoms with Gasteiger partial charge in [0.05, 0.1) is 5.60 Å². The minimum absolute atomic E-state index is 0.223. The maximum Gasteiger partial charge on any atom is 0.134 e. The van der Waals surface area contributed by atoms with E-state index in [0.717, 1.165) is 38.9 Å². The Morgan fingerprint density at radius 2 is 2.20 bits per heavy atom. The van der Waals surface area contributed by atoms with E-state index in [1.54, 1.807) is 6.92 Å². The standard InChI is InChI=1S/C12H23NO2/c1-10(14)11-5-4-7-13(9-11)8-6-12(2,3)15/h11,15H,4-9H2,1-3H3. The summed E-state index contributed by atoms with van der Waals surface area (Å²) in [5.41, 5.74) is -0.594. The Bertz CT molecular complexity index is 220. The van der Waals surface area contributed by atoms with Crippen LogP contribution in [-0.4, -0.2) is 41.0 Å². The number of hydrogen-bond donors (Lipinski definition) is 1. The molecule has 3 nitrogen and oxygen atoms in total. The van der Waals surface area contributed by atoms with Crippen molar-refractivity contribution in [3.63, 3.8) is 0 Å². The maximum absolute atomic E-state index is 11.3. The second kappa shape index (κ2) is 5.08. The van der Waals surface area contributed by atoms with Crippen LogP contribution >= 0.6 is 0 Å². The van der Waals surface area contributed by atoms with Crippen LogP contribution < -0.4 is 0 Å². The Labute approximate surface area is 92.5 Å². The number of hydrogen-bond acceptors (Lipinski definition) is 3. The first kappa shape index (κ1) is 12.7. The fourth-order valence-corrected chi connectivity index (χ4v) is 2.02. The molecule has 0 radical (unpaired) electrons. The summed E-state index contributed by atoms with van der Waals surface area (Å²) in [5, 5.41) is 9.63. The highest BCUT2D eigenvalue weighted by Gasteiger charge is 2.24. The van der Waals surface area contributed by atoms with Crippen molar-refractivity contribution in [1.82, 2.24) is 4.90 Å². The monoisotopic (exact) mass is 213 g/mol. The Balaban J connectivity index is 2.34. The molecule has 1 saturated heterocycles. The van der Waals surface area contributed by atoms with Crippen LogP contribution in [-0.2, 0) is 4.79 Å². The summed E-state index contributed by atoms with van der Waals surface area (Å²) >= 11 is 0. The maximum atomic E-state index is 11.3. The molecule has 88 valence electrons. The average Bonchev–Trinajstić information content (AvgIpc) is 2.14. The molecule has 0 aromatic rings. The van der Waals surface area contributed by atoms with Crippen molar-refractivity contribution in [3.05, 3.63) is 0 Å². The lowest BCUT2D eigenvalue weighted by Gasteiger charge is -2.33. The zero-order valence-corrected chi connectivity index (χ0v) is 10.1. The van der Waals surface area contributed by atoms with Crippen LogP contribution in [0, 0.1) is 5.92 Å². The highest BCUT2D eigenvalue weighted by molar-refractivity contribution is 5.78. The molecule has 0 saturated carbocycles. The summed E-state index contributed by atoms with van der Waals surface area (Å²) < 4.78 is 0. The Kier molecular flexibility index (Phi) is 4.29. The summed E-state index contributed by atoms with van der Waals surface area (Å²) in [4.78, 5) is 13.6. The van der Waals surface area contributed by atoms with Crippen LogP contribution in [0.15, 0.2) is 0 Å². The van der Waals surface area contributed by atoms with Gasteiger partial charge in [0.1, 0.15) is 5.78 Å².